The van der Waals surface area contributed by atoms with E-state index in [9.17, 15) is 0 Å². The summed E-state index contributed by atoms with van der Waals surface area (Å²) < 4.78 is 5.50. The second-order valence-corrected chi connectivity index (χ2v) is 8.07. The van der Waals surface area contributed by atoms with E-state index in [1.165, 1.54) is 22.4 Å². The molecule has 0 radical (unpaired) electrons. The van der Waals surface area contributed by atoms with Crippen molar-refractivity contribution in [1.82, 2.24) is 19.9 Å². The normalized spacial score (nSPS) is 19.9. The summed E-state index contributed by atoms with van der Waals surface area (Å²) in [6.45, 7) is 4.72. The number of aromatic amines is 1. The number of hydrogen-bond acceptors (Lipinski definition) is 5. The Morgan fingerprint density at radius 2 is 2.07 bits per heavy atom. The van der Waals surface area contributed by atoms with Crippen LogP contribution in [0.25, 0.3) is 11.2 Å². The first-order chi connectivity index (χ1) is 13.7. The average Bonchev–Trinajstić information content (AvgIpc) is 3.30. The molecule has 28 heavy (non-hydrogen) atoms. The number of imidazole rings is 1. The van der Waals surface area contributed by atoms with Crippen molar-refractivity contribution >= 4 is 16.9 Å². The molecule has 2 aliphatic heterocycles. The van der Waals surface area contributed by atoms with E-state index in [0.717, 1.165) is 56.0 Å². The van der Waals surface area contributed by atoms with Crippen LogP contribution in [0.1, 0.15) is 41.4 Å². The molecule has 1 aromatic carbocycles. The highest BCUT2D eigenvalue weighted by Crippen LogP contribution is 2.36. The lowest BCUT2D eigenvalue weighted by Crippen LogP contribution is -2.36. The van der Waals surface area contributed by atoms with E-state index < -0.39 is 0 Å². The third kappa shape index (κ3) is 3.27. The molecule has 2 N–H and O–H groups in total. The van der Waals surface area contributed by atoms with Crippen molar-refractivity contribution in [3.63, 3.8) is 0 Å². The number of hydrogen-bond donors (Lipinski definition) is 2. The summed E-state index contributed by atoms with van der Waals surface area (Å²) >= 11 is 0. The van der Waals surface area contributed by atoms with Crippen LogP contribution in [0.2, 0.25) is 0 Å². The molecule has 4 heterocycles. The largest absolute Gasteiger partial charge is 0.381 e. The number of pyridine rings is 1. The van der Waals surface area contributed by atoms with Gasteiger partial charge >= 0.3 is 0 Å². The van der Waals surface area contributed by atoms with E-state index >= 15 is 0 Å². The number of rotatable bonds is 4. The van der Waals surface area contributed by atoms with Crippen LogP contribution in [0.5, 0.6) is 0 Å². The van der Waals surface area contributed by atoms with Gasteiger partial charge in [0.1, 0.15) is 11.3 Å². The molecule has 2 aromatic heterocycles. The average molecular weight is 377 g/mol. The monoisotopic (exact) mass is 377 g/mol. The van der Waals surface area contributed by atoms with Gasteiger partial charge in [0, 0.05) is 43.2 Å². The first-order valence-corrected chi connectivity index (χ1v) is 10.1. The van der Waals surface area contributed by atoms with Gasteiger partial charge in [-0.2, -0.15) is 0 Å². The number of aromatic nitrogens is 3. The summed E-state index contributed by atoms with van der Waals surface area (Å²) in [5.74, 6) is 0.906. The van der Waals surface area contributed by atoms with Gasteiger partial charge in [-0.25, -0.2) is 9.97 Å². The minimum absolute atomic E-state index is 0.242. The summed E-state index contributed by atoms with van der Waals surface area (Å²) in [4.78, 5) is 14.8. The molecule has 6 nitrogen and oxygen atoms in total. The van der Waals surface area contributed by atoms with Crippen molar-refractivity contribution in [2.75, 3.05) is 25.6 Å². The lowest BCUT2D eigenvalue weighted by molar-refractivity contribution is 0.0407. The van der Waals surface area contributed by atoms with Crippen molar-refractivity contribution in [3.8, 4) is 0 Å². The van der Waals surface area contributed by atoms with Gasteiger partial charge in [-0.05, 0) is 56.5 Å². The van der Waals surface area contributed by atoms with E-state index in [0.29, 0.717) is 6.04 Å². The fraction of sp³-hybridized carbons (Fsp3) is 0.455. The van der Waals surface area contributed by atoms with Crippen molar-refractivity contribution < 1.29 is 4.74 Å². The summed E-state index contributed by atoms with van der Waals surface area (Å²) in [5, 5.41) is 3.73. The number of fused-ring (bicyclic) bond motifs is 2. The standard InChI is InChI=1S/C22H27N5O/c1-14-24-21-18(5-8-23-22(21)25-14)20-12-16-4-3-15(11-19(16)26-20)13-27(2)17-6-9-28-10-7-17/h3-5,8,11,17,20,26H,6-7,9-10,12-13H2,1-2H3,(H,23,24,25). The van der Waals surface area contributed by atoms with E-state index in [-0.39, 0.29) is 6.04 Å². The number of ether oxygens (including phenoxy) is 1. The zero-order valence-corrected chi connectivity index (χ0v) is 16.5. The number of nitrogens with zero attached hydrogens (tertiary/aromatic N) is 3. The highest BCUT2D eigenvalue weighted by atomic mass is 16.5. The molecule has 146 valence electrons. The minimum Gasteiger partial charge on any atom is -0.381 e. The maximum absolute atomic E-state index is 5.50. The predicted octanol–water partition coefficient (Wildman–Crippen LogP) is 3.59. The Balaban J connectivity index is 1.34. The van der Waals surface area contributed by atoms with Crippen LogP contribution in [-0.2, 0) is 17.7 Å². The molecule has 1 atom stereocenters. The molecule has 0 bridgehead atoms. The summed E-state index contributed by atoms with van der Waals surface area (Å²) in [6.07, 6.45) is 5.11. The molecular weight excluding hydrogens is 350 g/mol. The minimum atomic E-state index is 0.242. The third-order valence-corrected chi connectivity index (χ3v) is 6.08. The van der Waals surface area contributed by atoms with E-state index in [1.807, 2.05) is 13.1 Å². The highest BCUT2D eigenvalue weighted by Gasteiger charge is 2.25. The van der Waals surface area contributed by atoms with Gasteiger partial charge < -0.3 is 15.0 Å². The van der Waals surface area contributed by atoms with Gasteiger partial charge in [0.05, 0.1) is 6.04 Å². The number of anilines is 1. The van der Waals surface area contributed by atoms with Crippen molar-refractivity contribution in [2.45, 2.75) is 44.8 Å². The van der Waals surface area contributed by atoms with Crippen molar-refractivity contribution in [2.24, 2.45) is 0 Å². The molecule has 6 heteroatoms. The second-order valence-electron chi connectivity index (χ2n) is 8.07. The van der Waals surface area contributed by atoms with Crippen LogP contribution >= 0.6 is 0 Å². The number of aryl methyl sites for hydroxylation is 1. The molecule has 3 aromatic rings. The number of benzene rings is 1. The molecule has 0 aliphatic carbocycles. The van der Waals surface area contributed by atoms with Gasteiger partial charge in [-0.3, -0.25) is 4.90 Å². The molecule has 1 fully saturated rings. The van der Waals surface area contributed by atoms with E-state index in [2.05, 4.69) is 56.5 Å². The topological polar surface area (TPSA) is 66.1 Å². The van der Waals surface area contributed by atoms with E-state index in [1.54, 1.807) is 0 Å². The van der Waals surface area contributed by atoms with Gasteiger partial charge in [0.15, 0.2) is 5.65 Å². The summed E-state index contributed by atoms with van der Waals surface area (Å²) in [7, 11) is 2.23. The second kappa shape index (κ2) is 7.18. The van der Waals surface area contributed by atoms with Crippen LogP contribution in [0.15, 0.2) is 30.5 Å². The molecule has 2 aliphatic rings. The molecule has 1 unspecified atom stereocenters. The maximum atomic E-state index is 5.50. The van der Waals surface area contributed by atoms with Gasteiger partial charge in [-0.1, -0.05) is 12.1 Å². The lowest BCUT2D eigenvalue weighted by atomic mass is 10.0. The molecule has 5 rings (SSSR count). The number of H-pyrrole nitrogens is 1. The van der Waals surface area contributed by atoms with Crippen molar-refractivity contribution in [3.05, 3.63) is 53.0 Å². The van der Waals surface area contributed by atoms with E-state index in [4.69, 9.17) is 4.74 Å². The Labute approximate surface area is 165 Å². The van der Waals surface area contributed by atoms with Crippen LogP contribution in [0.4, 0.5) is 5.69 Å². The molecule has 1 saturated heterocycles. The zero-order valence-electron chi connectivity index (χ0n) is 16.5. The first kappa shape index (κ1) is 17.6. The summed E-state index contributed by atoms with van der Waals surface area (Å²) in [6, 6.07) is 9.83. The fourth-order valence-corrected chi connectivity index (χ4v) is 4.55. The molecular formula is C22H27N5O. The van der Waals surface area contributed by atoms with Crippen LogP contribution in [-0.4, -0.2) is 46.2 Å². The Morgan fingerprint density at radius 1 is 1.21 bits per heavy atom. The molecule has 0 saturated carbocycles. The highest BCUT2D eigenvalue weighted by molar-refractivity contribution is 5.77. The smallest absolute Gasteiger partial charge is 0.157 e. The predicted molar refractivity (Wildman–Crippen MR) is 110 cm³/mol. The van der Waals surface area contributed by atoms with Gasteiger partial charge in [0.25, 0.3) is 0 Å². The van der Waals surface area contributed by atoms with Crippen LogP contribution < -0.4 is 5.32 Å². The Hall–Kier alpha value is -2.44. The zero-order chi connectivity index (χ0) is 19.1. The molecule has 0 spiro atoms. The van der Waals surface area contributed by atoms with Crippen LogP contribution in [0.3, 0.4) is 0 Å². The number of nitrogens with one attached hydrogen (secondary N) is 2. The first-order valence-electron chi connectivity index (χ1n) is 10.1. The van der Waals surface area contributed by atoms with Crippen molar-refractivity contribution in [1.29, 1.82) is 0 Å². The molecule has 0 amide bonds. The Morgan fingerprint density at radius 3 is 2.93 bits per heavy atom. The van der Waals surface area contributed by atoms with Gasteiger partial charge in [0.2, 0.25) is 0 Å². The lowest BCUT2D eigenvalue weighted by Gasteiger charge is -2.31. The Bertz CT molecular complexity index is 992. The van der Waals surface area contributed by atoms with Crippen LogP contribution in [0, 0.1) is 6.92 Å². The Kier molecular flexibility index (Phi) is 4.53. The third-order valence-electron chi connectivity index (χ3n) is 6.08. The summed E-state index contributed by atoms with van der Waals surface area (Å²) in [5.41, 5.74) is 7.04. The maximum Gasteiger partial charge on any atom is 0.157 e. The SMILES string of the molecule is Cc1nc2c(C3Cc4ccc(CN(C)C5CCOCC5)cc4N3)ccnc2[nH]1. The fourth-order valence-electron chi connectivity index (χ4n) is 4.55. The quantitative estimate of drug-likeness (QED) is 0.727. The van der Waals surface area contributed by atoms with Gasteiger partial charge in [-0.15, -0.1) is 0 Å².